The maximum Gasteiger partial charge on any atom is 0.323 e. The minimum atomic E-state index is -0.634. The van der Waals surface area contributed by atoms with Crippen LogP contribution in [-0.4, -0.2) is 13.1 Å². The van der Waals surface area contributed by atoms with Gasteiger partial charge in [-0.25, -0.2) is 0 Å². The number of thiophene rings is 1. The monoisotopic (exact) mass is 357 g/mol. The molecule has 0 aliphatic carbocycles. The number of methoxy groups -OCH3 is 1. The van der Waals surface area contributed by atoms with Crippen LogP contribution in [0.15, 0.2) is 41.8 Å². The number of esters is 1. The van der Waals surface area contributed by atoms with E-state index in [1.54, 1.807) is 11.3 Å². The van der Waals surface area contributed by atoms with Gasteiger partial charge in [-0.3, -0.25) is 4.79 Å². The van der Waals surface area contributed by atoms with E-state index in [4.69, 9.17) is 10.00 Å². The predicted molar refractivity (Wildman–Crippen MR) is 98.4 cm³/mol. The first-order chi connectivity index (χ1) is 12.2. The SMILES string of the molecule is COC(=O)C(C#N)CCCCCc1ccc(OCc2cccs2)cc1. The van der Waals surface area contributed by atoms with Crippen LogP contribution in [0, 0.1) is 17.2 Å². The van der Waals surface area contributed by atoms with E-state index >= 15 is 0 Å². The molecule has 1 atom stereocenters. The van der Waals surface area contributed by atoms with Crippen LogP contribution in [0.3, 0.4) is 0 Å². The second kappa shape index (κ2) is 10.5. The van der Waals surface area contributed by atoms with Gasteiger partial charge in [0.25, 0.3) is 0 Å². The lowest BCUT2D eigenvalue weighted by Gasteiger charge is -2.07. The Bertz CT molecular complexity index is 674. The molecule has 0 saturated heterocycles. The third-order valence-electron chi connectivity index (χ3n) is 3.98. The Labute approximate surface area is 153 Å². The molecular formula is C20H23NO3S. The maximum absolute atomic E-state index is 11.3. The van der Waals surface area contributed by atoms with Crippen LogP contribution in [0.4, 0.5) is 0 Å². The Hall–Kier alpha value is -2.32. The Kier molecular flexibility index (Phi) is 8.00. The molecule has 1 aromatic carbocycles. The van der Waals surface area contributed by atoms with Crippen LogP contribution < -0.4 is 4.74 Å². The van der Waals surface area contributed by atoms with Crippen molar-refractivity contribution in [3.05, 3.63) is 52.2 Å². The number of nitrogens with zero attached hydrogens (tertiary/aromatic N) is 1. The number of hydrogen-bond acceptors (Lipinski definition) is 5. The molecule has 1 aromatic heterocycles. The van der Waals surface area contributed by atoms with Crippen molar-refractivity contribution in [3.63, 3.8) is 0 Å². The van der Waals surface area contributed by atoms with Crippen LogP contribution in [0.25, 0.3) is 0 Å². The van der Waals surface area contributed by atoms with E-state index < -0.39 is 11.9 Å². The predicted octanol–water partition coefficient (Wildman–Crippen LogP) is 4.74. The van der Waals surface area contributed by atoms with Crippen molar-refractivity contribution in [3.8, 4) is 11.8 Å². The lowest BCUT2D eigenvalue weighted by atomic mass is 10.0. The molecule has 0 aliphatic heterocycles. The van der Waals surface area contributed by atoms with Crippen molar-refractivity contribution in [2.45, 2.75) is 38.7 Å². The van der Waals surface area contributed by atoms with E-state index in [1.807, 2.05) is 29.6 Å². The van der Waals surface area contributed by atoms with Crippen molar-refractivity contribution >= 4 is 17.3 Å². The average molecular weight is 357 g/mol. The highest BCUT2D eigenvalue weighted by Gasteiger charge is 2.17. The third-order valence-corrected chi connectivity index (χ3v) is 4.83. The van der Waals surface area contributed by atoms with E-state index in [0.717, 1.165) is 31.4 Å². The number of benzene rings is 1. The second-order valence-electron chi connectivity index (χ2n) is 5.82. The molecule has 0 amide bonds. The fraction of sp³-hybridized carbons (Fsp3) is 0.400. The van der Waals surface area contributed by atoms with Gasteiger partial charge in [0.2, 0.25) is 0 Å². The highest BCUT2D eigenvalue weighted by atomic mass is 32.1. The van der Waals surface area contributed by atoms with Gasteiger partial charge in [-0.1, -0.05) is 31.0 Å². The number of carbonyl (C=O) groups excluding carboxylic acids is 1. The van der Waals surface area contributed by atoms with E-state index in [-0.39, 0.29) is 0 Å². The Morgan fingerprint density at radius 2 is 2.00 bits per heavy atom. The number of aryl methyl sites for hydroxylation is 1. The molecular weight excluding hydrogens is 334 g/mol. The summed E-state index contributed by atoms with van der Waals surface area (Å²) < 4.78 is 10.4. The Morgan fingerprint density at radius 3 is 2.64 bits per heavy atom. The van der Waals surface area contributed by atoms with Gasteiger partial charge >= 0.3 is 5.97 Å². The van der Waals surface area contributed by atoms with Crippen molar-refractivity contribution < 1.29 is 14.3 Å². The third kappa shape index (κ3) is 6.60. The normalized spacial score (nSPS) is 11.5. The highest BCUT2D eigenvalue weighted by molar-refractivity contribution is 7.09. The number of rotatable bonds is 10. The summed E-state index contributed by atoms with van der Waals surface area (Å²) in [6.45, 7) is 0.608. The molecule has 0 spiro atoms. The Balaban J connectivity index is 1.64. The van der Waals surface area contributed by atoms with E-state index in [1.165, 1.54) is 17.6 Å². The summed E-state index contributed by atoms with van der Waals surface area (Å²) in [5.74, 6) is -0.183. The lowest BCUT2D eigenvalue weighted by molar-refractivity contribution is -0.143. The van der Waals surface area contributed by atoms with E-state index in [2.05, 4.69) is 22.9 Å². The molecule has 1 unspecified atom stereocenters. The zero-order chi connectivity index (χ0) is 17.9. The first-order valence-corrected chi connectivity index (χ1v) is 9.32. The molecule has 25 heavy (non-hydrogen) atoms. The molecule has 2 aromatic rings. The molecule has 2 rings (SSSR count). The van der Waals surface area contributed by atoms with Gasteiger partial charge in [0.1, 0.15) is 18.3 Å². The number of ether oxygens (including phenoxy) is 2. The van der Waals surface area contributed by atoms with Gasteiger partial charge in [0, 0.05) is 4.88 Å². The number of nitriles is 1. The quantitative estimate of drug-likeness (QED) is 0.455. The summed E-state index contributed by atoms with van der Waals surface area (Å²) in [7, 11) is 1.32. The van der Waals surface area contributed by atoms with Crippen molar-refractivity contribution in [1.82, 2.24) is 0 Å². The summed E-state index contributed by atoms with van der Waals surface area (Å²) >= 11 is 1.69. The number of unbranched alkanes of at least 4 members (excludes halogenated alkanes) is 2. The molecule has 0 aliphatic rings. The van der Waals surface area contributed by atoms with Crippen LogP contribution in [-0.2, 0) is 22.6 Å². The summed E-state index contributed by atoms with van der Waals surface area (Å²) in [5.41, 5.74) is 1.27. The molecule has 0 saturated carbocycles. The second-order valence-corrected chi connectivity index (χ2v) is 6.85. The smallest absolute Gasteiger partial charge is 0.323 e. The molecule has 132 valence electrons. The molecule has 4 nitrogen and oxygen atoms in total. The minimum Gasteiger partial charge on any atom is -0.488 e. The molecule has 0 radical (unpaired) electrons. The molecule has 0 bridgehead atoms. The molecule has 0 fully saturated rings. The largest absolute Gasteiger partial charge is 0.488 e. The van der Waals surface area contributed by atoms with Gasteiger partial charge in [0.05, 0.1) is 13.2 Å². The summed E-state index contributed by atoms with van der Waals surface area (Å²) in [4.78, 5) is 12.5. The lowest BCUT2D eigenvalue weighted by Crippen LogP contribution is -2.14. The molecule has 1 heterocycles. The zero-order valence-corrected chi connectivity index (χ0v) is 15.3. The molecule has 0 N–H and O–H groups in total. The fourth-order valence-corrected chi connectivity index (χ4v) is 3.15. The van der Waals surface area contributed by atoms with E-state index in [0.29, 0.717) is 13.0 Å². The van der Waals surface area contributed by atoms with Crippen molar-refractivity contribution in [2.24, 2.45) is 5.92 Å². The number of carbonyl (C=O) groups is 1. The summed E-state index contributed by atoms with van der Waals surface area (Å²) in [5, 5.41) is 11.0. The minimum absolute atomic E-state index is 0.430. The fourth-order valence-electron chi connectivity index (χ4n) is 2.53. The van der Waals surface area contributed by atoms with Gasteiger partial charge in [-0.05, 0) is 48.4 Å². The van der Waals surface area contributed by atoms with Gasteiger partial charge in [0.15, 0.2) is 0 Å². The summed E-state index contributed by atoms with van der Waals surface area (Å²) in [6.07, 6.45) is 4.44. The number of hydrogen-bond donors (Lipinski definition) is 0. The standard InChI is InChI=1S/C20H23NO3S/c1-23-20(22)17(14-21)7-4-2-3-6-16-9-11-18(12-10-16)24-15-19-8-5-13-25-19/h5,8-13,17H,2-4,6-7,15H2,1H3. The molecule has 5 heteroatoms. The van der Waals surface area contributed by atoms with E-state index in [9.17, 15) is 4.79 Å². The Morgan fingerprint density at radius 1 is 1.20 bits per heavy atom. The van der Waals surface area contributed by atoms with Gasteiger partial charge in [-0.2, -0.15) is 5.26 Å². The highest BCUT2D eigenvalue weighted by Crippen LogP contribution is 2.18. The first kappa shape index (κ1) is 19.0. The van der Waals surface area contributed by atoms with Crippen LogP contribution in [0.5, 0.6) is 5.75 Å². The van der Waals surface area contributed by atoms with Crippen molar-refractivity contribution in [1.29, 1.82) is 5.26 Å². The zero-order valence-electron chi connectivity index (χ0n) is 14.4. The van der Waals surface area contributed by atoms with Gasteiger partial charge in [-0.15, -0.1) is 11.3 Å². The van der Waals surface area contributed by atoms with Crippen LogP contribution >= 0.6 is 11.3 Å². The van der Waals surface area contributed by atoms with Crippen LogP contribution in [0.1, 0.15) is 36.1 Å². The van der Waals surface area contributed by atoms with Gasteiger partial charge < -0.3 is 9.47 Å². The summed E-state index contributed by atoms with van der Waals surface area (Å²) in [6, 6.07) is 14.3. The maximum atomic E-state index is 11.3. The average Bonchev–Trinajstić information content (AvgIpc) is 3.17. The van der Waals surface area contributed by atoms with Crippen LogP contribution in [0.2, 0.25) is 0 Å². The first-order valence-electron chi connectivity index (χ1n) is 8.44. The topological polar surface area (TPSA) is 59.3 Å². The van der Waals surface area contributed by atoms with Crippen molar-refractivity contribution in [2.75, 3.05) is 7.11 Å².